The zero-order chi connectivity index (χ0) is 41.1. The van der Waals surface area contributed by atoms with Crippen LogP contribution in [0.2, 0.25) is 0 Å². The van der Waals surface area contributed by atoms with Gasteiger partial charge in [-0.25, -0.2) is 0 Å². The van der Waals surface area contributed by atoms with Gasteiger partial charge in [0.1, 0.15) is 11.2 Å². The van der Waals surface area contributed by atoms with Gasteiger partial charge in [-0.15, -0.1) is 0 Å². The molecule has 0 N–H and O–H groups in total. The number of anilines is 3. The topological polar surface area (TPSA) is 16.4 Å². The van der Waals surface area contributed by atoms with Gasteiger partial charge in [-0.2, -0.15) is 0 Å². The number of hydrogen-bond acceptors (Lipinski definition) is 2. The van der Waals surface area contributed by atoms with E-state index in [-0.39, 0.29) is 16.2 Å². The van der Waals surface area contributed by atoms with Crippen molar-refractivity contribution in [1.82, 2.24) is 0 Å². The molecule has 0 saturated heterocycles. The highest BCUT2D eigenvalue weighted by atomic mass is 16.3. The number of hydrogen-bond donors (Lipinski definition) is 0. The molecule has 0 fully saturated rings. The Morgan fingerprint density at radius 1 is 0.433 bits per heavy atom. The third-order valence-corrected chi connectivity index (χ3v) is 13.6. The van der Waals surface area contributed by atoms with Crippen LogP contribution < -0.4 is 4.90 Å². The molecule has 0 amide bonds. The molecule has 0 aliphatic heterocycles. The standard InChI is InChI=1S/C58H49NO/c1-56(2,3)38-34-47-54-48(35-38)58(6,7)46-25-16-24-44(53(46)54)52-45(57(47,4)5)26-17-28-50(52)59(49-27-13-11-20-40(49)36-18-9-8-10-19-36)39-32-30-37(31-33-39)41-22-15-23-43-42-21-12-14-29-51(42)60-55(41)43/h8-35H,1-7H3. The molecule has 292 valence electrons. The van der Waals surface area contributed by atoms with E-state index in [1.165, 1.54) is 66.9 Å². The fourth-order valence-corrected chi connectivity index (χ4v) is 10.4. The fraction of sp³-hybridized carbons (Fsp3) is 0.172. The van der Waals surface area contributed by atoms with Crippen molar-refractivity contribution in [3.05, 3.63) is 198 Å². The second kappa shape index (κ2) is 12.9. The van der Waals surface area contributed by atoms with Gasteiger partial charge in [0.25, 0.3) is 0 Å². The third-order valence-electron chi connectivity index (χ3n) is 13.6. The van der Waals surface area contributed by atoms with Gasteiger partial charge in [-0.1, -0.05) is 188 Å². The number of para-hydroxylation sites is 3. The number of fused-ring (bicyclic) bond motifs is 5. The van der Waals surface area contributed by atoms with Crippen molar-refractivity contribution in [3.63, 3.8) is 0 Å². The molecule has 0 radical (unpaired) electrons. The quantitative estimate of drug-likeness (QED) is 0.173. The molecule has 60 heavy (non-hydrogen) atoms. The minimum atomic E-state index is -0.298. The summed E-state index contributed by atoms with van der Waals surface area (Å²) < 4.78 is 6.52. The van der Waals surface area contributed by atoms with Crippen LogP contribution in [0.4, 0.5) is 17.1 Å². The minimum absolute atomic E-state index is 0.00627. The molecule has 1 aromatic heterocycles. The van der Waals surface area contributed by atoms with E-state index in [9.17, 15) is 0 Å². The van der Waals surface area contributed by atoms with Crippen LogP contribution in [-0.4, -0.2) is 0 Å². The fourth-order valence-electron chi connectivity index (χ4n) is 10.4. The molecule has 2 aliphatic rings. The zero-order valence-electron chi connectivity index (χ0n) is 35.5. The van der Waals surface area contributed by atoms with Crippen LogP contribution >= 0.6 is 0 Å². The van der Waals surface area contributed by atoms with E-state index in [0.29, 0.717) is 0 Å². The largest absolute Gasteiger partial charge is 0.455 e. The highest BCUT2D eigenvalue weighted by Crippen LogP contribution is 2.61. The van der Waals surface area contributed by atoms with Gasteiger partial charge in [-0.3, -0.25) is 0 Å². The summed E-state index contributed by atoms with van der Waals surface area (Å²) in [5.41, 5.74) is 21.7. The molecule has 2 nitrogen and oxygen atoms in total. The molecule has 8 aromatic carbocycles. The van der Waals surface area contributed by atoms with Crippen LogP contribution in [0.3, 0.4) is 0 Å². The highest BCUT2D eigenvalue weighted by molar-refractivity contribution is 6.10. The molecule has 11 rings (SSSR count). The Bertz CT molecular complexity index is 3170. The van der Waals surface area contributed by atoms with Crippen LogP contribution in [0.25, 0.3) is 66.4 Å². The zero-order valence-corrected chi connectivity index (χ0v) is 35.5. The lowest BCUT2D eigenvalue weighted by Gasteiger charge is -2.35. The summed E-state index contributed by atoms with van der Waals surface area (Å²) in [5.74, 6) is 0. The molecule has 0 spiro atoms. The van der Waals surface area contributed by atoms with Gasteiger partial charge in [0, 0.05) is 44.0 Å². The van der Waals surface area contributed by atoms with E-state index in [1.54, 1.807) is 0 Å². The molecule has 2 aliphatic carbocycles. The molecule has 0 atom stereocenters. The van der Waals surface area contributed by atoms with Gasteiger partial charge in [0.05, 0.1) is 11.4 Å². The number of furan rings is 1. The predicted molar refractivity (Wildman–Crippen MR) is 253 cm³/mol. The smallest absolute Gasteiger partial charge is 0.143 e. The van der Waals surface area contributed by atoms with Gasteiger partial charge in [-0.05, 0) is 91.4 Å². The van der Waals surface area contributed by atoms with Crippen molar-refractivity contribution in [2.24, 2.45) is 0 Å². The lowest BCUT2D eigenvalue weighted by atomic mass is 9.70. The predicted octanol–water partition coefficient (Wildman–Crippen LogP) is 16.3. The van der Waals surface area contributed by atoms with E-state index in [2.05, 4.69) is 217 Å². The van der Waals surface area contributed by atoms with Gasteiger partial charge >= 0.3 is 0 Å². The summed E-state index contributed by atoms with van der Waals surface area (Å²) in [4.78, 5) is 2.51. The maximum Gasteiger partial charge on any atom is 0.143 e. The monoisotopic (exact) mass is 775 g/mol. The van der Waals surface area contributed by atoms with Crippen molar-refractivity contribution in [3.8, 4) is 44.5 Å². The van der Waals surface area contributed by atoms with Crippen molar-refractivity contribution in [2.75, 3.05) is 4.90 Å². The number of rotatable bonds is 5. The molecule has 2 heteroatoms. The third kappa shape index (κ3) is 5.26. The van der Waals surface area contributed by atoms with Crippen LogP contribution in [0.5, 0.6) is 0 Å². The van der Waals surface area contributed by atoms with Crippen molar-refractivity contribution in [2.45, 2.75) is 64.7 Å². The Kier molecular flexibility index (Phi) is 7.85. The molecule has 0 saturated carbocycles. The van der Waals surface area contributed by atoms with E-state index in [0.717, 1.165) is 44.4 Å². The summed E-state index contributed by atoms with van der Waals surface area (Å²) in [5, 5.41) is 2.28. The lowest BCUT2D eigenvalue weighted by molar-refractivity contribution is 0.576. The summed E-state index contributed by atoms with van der Waals surface area (Å²) in [7, 11) is 0. The lowest BCUT2D eigenvalue weighted by Crippen LogP contribution is -2.25. The molecular weight excluding hydrogens is 727 g/mol. The Morgan fingerprint density at radius 2 is 0.983 bits per heavy atom. The first kappa shape index (κ1) is 36.4. The second-order valence-corrected chi connectivity index (χ2v) is 18.9. The average Bonchev–Trinajstić information content (AvgIpc) is 3.73. The normalized spacial score (nSPS) is 14.5. The maximum absolute atomic E-state index is 6.52. The summed E-state index contributed by atoms with van der Waals surface area (Å²) in [6.45, 7) is 16.8. The van der Waals surface area contributed by atoms with Crippen LogP contribution in [0.1, 0.15) is 76.3 Å². The van der Waals surface area contributed by atoms with Gasteiger partial charge in [0.2, 0.25) is 0 Å². The average molecular weight is 776 g/mol. The first-order valence-electron chi connectivity index (χ1n) is 21.4. The first-order chi connectivity index (χ1) is 28.9. The number of benzene rings is 8. The van der Waals surface area contributed by atoms with Crippen LogP contribution in [0.15, 0.2) is 174 Å². The van der Waals surface area contributed by atoms with Gasteiger partial charge < -0.3 is 9.32 Å². The van der Waals surface area contributed by atoms with Crippen molar-refractivity contribution >= 4 is 39.0 Å². The first-order valence-corrected chi connectivity index (χ1v) is 21.4. The Balaban J connectivity index is 1.18. The minimum Gasteiger partial charge on any atom is -0.455 e. The molecule has 1 heterocycles. The van der Waals surface area contributed by atoms with E-state index < -0.39 is 0 Å². The van der Waals surface area contributed by atoms with Gasteiger partial charge in [0.15, 0.2) is 0 Å². The van der Waals surface area contributed by atoms with E-state index >= 15 is 0 Å². The Labute approximate surface area is 353 Å². The number of nitrogens with zero attached hydrogens (tertiary/aromatic N) is 1. The van der Waals surface area contributed by atoms with E-state index in [4.69, 9.17) is 4.42 Å². The summed E-state index contributed by atoms with van der Waals surface area (Å²) in [6, 6.07) is 62.7. The SMILES string of the molecule is CC(C)(C)c1cc2c3c(c1)C(C)(C)c1cccc(N(c4ccc(-c5cccc6c5oc5ccccc56)cc4)c4ccccc4-c4ccccc4)c1-c1cccc(c1-3)C2(C)C. The van der Waals surface area contributed by atoms with Crippen molar-refractivity contribution in [1.29, 1.82) is 0 Å². The second-order valence-electron chi connectivity index (χ2n) is 18.9. The van der Waals surface area contributed by atoms with Crippen LogP contribution in [0, 0.1) is 0 Å². The summed E-state index contributed by atoms with van der Waals surface area (Å²) in [6.07, 6.45) is 0. The molecule has 0 bridgehead atoms. The summed E-state index contributed by atoms with van der Waals surface area (Å²) >= 11 is 0. The van der Waals surface area contributed by atoms with Crippen LogP contribution in [-0.2, 0) is 16.2 Å². The van der Waals surface area contributed by atoms with E-state index in [1.807, 2.05) is 6.07 Å². The molecule has 9 aromatic rings. The molecular formula is C58H49NO. The Morgan fingerprint density at radius 3 is 1.72 bits per heavy atom. The molecule has 0 unspecified atom stereocenters. The maximum atomic E-state index is 6.52. The highest BCUT2D eigenvalue weighted by Gasteiger charge is 2.45. The Hall–Kier alpha value is -6.64. The van der Waals surface area contributed by atoms with Crippen molar-refractivity contribution < 1.29 is 4.42 Å².